The second kappa shape index (κ2) is 6.63. The molecule has 0 aliphatic carbocycles. The number of hydrogen-bond donors (Lipinski definition) is 0. The van der Waals surface area contributed by atoms with E-state index in [0.717, 1.165) is 6.54 Å². The lowest BCUT2D eigenvalue weighted by Crippen LogP contribution is -2.42. The maximum atomic E-state index is 2.43. The number of nitrogens with zero attached hydrogens (tertiary/aromatic N) is 2. The van der Waals surface area contributed by atoms with Crippen LogP contribution in [0.15, 0.2) is 103 Å². The average Bonchev–Trinajstić information content (AvgIpc) is 2.69. The van der Waals surface area contributed by atoms with Gasteiger partial charge in [0.1, 0.15) is 6.17 Å². The van der Waals surface area contributed by atoms with Gasteiger partial charge >= 0.3 is 0 Å². The number of rotatable bonds is 3. The summed E-state index contributed by atoms with van der Waals surface area (Å²) in [6.45, 7) is 0.896. The summed E-state index contributed by atoms with van der Waals surface area (Å²) in [5.74, 6) is 0. The van der Waals surface area contributed by atoms with Crippen molar-refractivity contribution in [3.8, 4) is 0 Å². The van der Waals surface area contributed by atoms with Crippen molar-refractivity contribution in [3.63, 3.8) is 0 Å². The zero-order valence-corrected chi connectivity index (χ0v) is 13.5. The molecule has 0 spiro atoms. The Morgan fingerprint density at radius 1 is 0.625 bits per heavy atom. The number of para-hydroxylation sites is 2. The normalized spacial score (nSPS) is 17.1. The van der Waals surface area contributed by atoms with Crippen LogP contribution in [0.1, 0.15) is 11.7 Å². The van der Waals surface area contributed by atoms with E-state index in [1.165, 1.54) is 16.9 Å². The quantitative estimate of drug-likeness (QED) is 0.654. The molecule has 0 amide bonds. The van der Waals surface area contributed by atoms with Gasteiger partial charge in [0.15, 0.2) is 0 Å². The Morgan fingerprint density at radius 2 is 1.17 bits per heavy atom. The summed E-state index contributed by atoms with van der Waals surface area (Å²) in [6, 6.07) is 31.9. The molecule has 1 aliphatic rings. The molecular weight excluding hydrogens is 292 g/mol. The van der Waals surface area contributed by atoms with Crippen LogP contribution in [0.4, 0.5) is 11.4 Å². The molecule has 0 saturated carbocycles. The molecule has 118 valence electrons. The standard InChI is InChI=1S/C22H20N2/c1-4-11-19(12-5-1)22-23(20-13-6-2-7-14-20)17-10-18-24(22)21-15-8-3-9-16-21/h1-17,22H,18H2. The summed E-state index contributed by atoms with van der Waals surface area (Å²) >= 11 is 0. The van der Waals surface area contributed by atoms with Gasteiger partial charge in [0.2, 0.25) is 0 Å². The summed E-state index contributed by atoms with van der Waals surface area (Å²) in [7, 11) is 0. The van der Waals surface area contributed by atoms with Crippen LogP contribution in [0.25, 0.3) is 0 Å². The average molecular weight is 312 g/mol. The van der Waals surface area contributed by atoms with E-state index in [9.17, 15) is 0 Å². The monoisotopic (exact) mass is 312 g/mol. The predicted octanol–water partition coefficient (Wildman–Crippen LogP) is 5.23. The molecule has 0 aromatic heterocycles. The largest absolute Gasteiger partial charge is 0.343 e. The van der Waals surface area contributed by atoms with Gasteiger partial charge in [-0.1, -0.05) is 66.7 Å². The molecule has 0 saturated heterocycles. The summed E-state index contributed by atoms with van der Waals surface area (Å²) < 4.78 is 0. The van der Waals surface area contributed by atoms with Crippen molar-refractivity contribution in [1.29, 1.82) is 0 Å². The zero-order chi connectivity index (χ0) is 16.2. The Bertz CT molecular complexity index is 797. The topological polar surface area (TPSA) is 6.48 Å². The van der Waals surface area contributed by atoms with Crippen LogP contribution >= 0.6 is 0 Å². The lowest BCUT2D eigenvalue weighted by molar-refractivity contribution is 0.631. The van der Waals surface area contributed by atoms with E-state index in [4.69, 9.17) is 0 Å². The molecule has 24 heavy (non-hydrogen) atoms. The van der Waals surface area contributed by atoms with Crippen LogP contribution in [-0.4, -0.2) is 6.54 Å². The molecule has 1 atom stereocenters. The highest BCUT2D eigenvalue weighted by atomic mass is 15.4. The Kier molecular flexibility index (Phi) is 4.03. The van der Waals surface area contributed by atoms with Crippen molar-refractivity contribution >= 4 is 11.4 Å². The van der Waals surface area contributed by atoms with Gasteiger partial charge in [-0.25, -0.2) is 0 Å². The molecule has 2 heteroatoms. The van der Waals surface area contributed by atoms with Crippen LogP contribution in [0.3, 0.4) is 0 Å². The van der Waals surface area contributed by atoms with Crippen molar-refractivity contribution in [1.82, 2.24) is 0 Å². The third-order valence-corrected chi connectivity index (χ3v) is 4.37. The van der Waals surface area contributed by atoms with Crippen molar-refractivity contribution in [2.24, 2.45) is 0 Å². The van der Waals surface area contributed by atoms with Gasteiger partial charge in [-0.3, -0.25) is 0 Å². The molecule has 0 radical (unpaired) electrons. The molecule has 1 aliphatic heterocycles. The van der Waals surface area contributed by atoms with Crippen molar-refractivity contribution in [3.05, 3.63) is 109 Å². The van der Waals surface area contributed by atoms with Gasteiger partial charge in [0.25, 0.3) is 0 Å². The fraction of sp³-hybridized carbons (Fsp3) is 0.0909. The first-order valence-electron chi connectivity index (χ1n) is 8.30. The molecule has 0 bridgehead atoms. The van der Waals surface area contributed by atoms with E-state index in [2.05, 4.69) is 113 Å². The first kappa shape index (κ1) is 14.6. The second-order valence-electron chi connectivity index (χ2n) is 5.90. The van der Waals surface area contributed by atoms with E-state index in [-0.39, 0.29) is 6.17 Å². The van der Waals surface area contributed by atoms with Gasteiger partial charge in [0, 0.05) is 24.1 Å². The smallest absolute Gasteiger partial charge is 0.132 e. The molecule has 1 unspecified atom stereocenters. The summed E-state index contributed by atoms with van der Waals surface area (Å²) in [5, 5.41) is 0. The Hall–Kier alpha value is -3.00. The summed E-state index contributed by atoms with van der Waals surface area (Å²) in [4.78, 5) is 4.77. The van der Waals surface area contributed by atoms with E-state index < -0.39 is 0 Å². The van der Waals surface area contributed by atoms with Gasteiger partial charge in [0.05, 0.1) is 0 Å². The van der Waals surface area contributed by atoms with Gasteiger partial charge < -0.3 is 9.80 Å². The van der Waals surface area contributed by atoms with Crippen molar-refractivity contribution < 1.29 is 0 Å². The minimum atomic E-state index is 0.140. The number of hydrogen-bond acceptors (Lipinski definition) is 2. The van der Waals surface area contributed by atoms with E-state index in [0.29, 0.717) is 0 Å². The highest BCUT2D eigenvalue weighted by molar-refractivity contribution is 5.59. The SMILES string of the molecule is C1=CN(c2ccccc2)C(c2ccccc2)N(c2ccccc2)C1. The van der Waals surface area contributed by atoms with Crippen molar-refractivity contribution in [2.75, 3.05) is 16.3 Å². The number of anilines is 2. The van der Waals surface area contributed by atoms with E-state index in [1.807, 2.05) is 0 Å². The number of benzene rings is 3. The van der Waals surface area contributed by atoms with Crippen LogP contribution in [0.5, 0.6) is 0 Å². The fourth-order valence-electron chi connectivity index (χ4n) is 3.26. The molecule has 3 aromatic rings. The van der Waals surface area contributed by atoms with Crippen LogP contribution in [0, 0.1) is 0 Å². The molecule has 4 rings (SSSR count). The zero-order valence-electron chi connectivity index (χ0n) is 13.5. The van der Waals surface area contributed by atoms with Crippen LogP contribution < -0.4 is 9.80 Å². The van der Waals surface area contributed by atoms with E-state index in [1.54, 1.807) is 0 Å². The third-order valence-electron chi connectivity index (χ3n) is 4.37. The van der Waals surface area contributed by atoms with Crippen LogP contribution in [-0.2, 0) is 0 Å². The second-order valence-corrected chi connectivity index (χ2v) is 5.90. The molecule has 1 heterocycles. The lowest BCUT2D eigenvalue weighted by Gasteiger charge is -2.43. The Labute approximate surface area is 143 Å². The maximum absolute atomic E-state index is 2.43. The van der Waals surface area contributed by atoms with Gasteiger partial charge in [-0.05, 0) is 35.9 Å². The molecule has 3 aromatic carbocycles. The molecular formula is C22H20N2. The molecule has 2 nitrogen and oxygen atoms in total. The molecule has 0 fully saturated rings. The lowest BCUT2D eigenvalue weighted by atomic mass is 10.1. The third kappa shape index (κ3) is 2.79. The van der Waals surface area contributed by atoms with Crippen LogP contribution in [0.2, 0.25) is 0 Å². The molecule has 0 N–H and O–H groups in total. The first-order valence-corrected chi connectivity index (χ1v) is 8.30. The predicted molar refractivity (Wildman–Crippen MR) is 101 cm³/mol. The summed E-state index contributed by atoms with van der Waals surface area (Å²) in [6.07, 6.45) is 4.56. The Morgan fingerprint density at radius 3 is 1.79 bits per heavy atom. The fourth-order valence-corrected chi connectivity index (χ4v) is 3.26. The van der Waals surface area contributed by atoms with Crippen molar-refractivity contribution in [2.45, 2.75) is 6.17 Å². The minimum Gasteiger partial charge on any atom is -0.343 e. The highest BCUT2D eigenvalue weighted by Crippen LogP contribution is 2.35. The van der Waals surface area contributed by atoms with Gasteiger partial charge in [-0.15, -0.1) is 0 Å². The summed E-state index contributed by atoms with van der Waals surface area (Å²) in [5.41, 5.74) is 3.72. The Balaban J connectivity index is 1.81. The highest BCUT2D eigenvalue weighted by Gasteiger charge is 2.28. The maximum Gasteiger partial charge on any atom is 0.132 e. The van der Waals surface area contributed by atoms with E-state index >= 15 is 0 Å². The minimum absolute atomic E-state index is 0.140. The van der Waals surface area contributed by atoms with Gasteiger partial charge in [-0.2, -0.15) is 0 Å². The first-order chi connectivity index (χ1) is 11.9.